The first-order chi connectivity index (χ1) is 4.86. The van der Waals surface area contributed by atoms with Crippen LogP contribution in [0.3, 0.4) is 0 Å². The smallest absolute Gasteiger partial charge is 0.251 e. The summed E-state index contributed by atoms with van der Waals surface area (Å²) in [5, 5.41) is 2.72. The zero-order valence-corrected chi connectivity index (χ0v) is 5.50. The van der Waals surface area contributed by atoms with Gasteiger partial charge in [0, 0.05) is 6.54 Å². The van der Waals surface area contributed by atoms with Gasteiger partial charge in [0.15, 0.2) is 6.10 Å². The van der Waals surface area contributed by atoms with E-state index < -0.39 is 0 Å². The van der Waals surface area contributed by atoms with Gasteiger partial charge in [-0.2, -0.15) is 0 Å². The maximum Gasteiger partial charge on any atom is 0.251 e. The highest BCUT2D eigenvalue weighted by molar-refractivity contribution is 5.82. The van der Waals surface area contributed by atoms with Crippen molar-refractivity contribution < 1.29 is 14.3 Å². The molecule has 2 atom stereocenters. The predicted molar refractivity (Wildman–Crippen MR) is 32.5 cm³/mol. The van der Waals surface area contributed by atoms with Crippen molar-refractivity contribution in [2.75, 3.05) is 19.8 Å². The van der Waals surface area contributed by atoms with E-state index in [9.17, 15) is 4.79 Å². The Kier molecular flexibility index (Phi) is 1.35. The van der Waals surface area contributed by atoms with E-state index in [2.05, 4.69) is 5.32 Å². The molecule has 2 rings (SSSR count). The molecule has 0 radical (unpaired) electrons. The lowest BCUT2D eigenvalue weighted by Gasteiger charge is -1.97. The minimum Gasteiger partial charge on any atom is -0.371 e. The van der Waals surface area contributed by atoms with Crippen molar-refractivity contribution in [2.45, 2.75) is 12.2 Å². The van der Waals surface area contributed by atoms with Crippen LogP contribution in [0.15, 0.2) is 0 Å². The number of epoxide rings is 2. The fourth-order valence-corrected chi connectivity index (χ4v) is 0.714. The lowest BCUT2D eigenvalue weighted by atomic mass is 10.4. The normalized spacial score (nSPS) is 35.2. The Bertz CT molecular complexity index is 151. The second-order valence-electron chi connectivity index (χ2n) is 2.52. The first-order valence-corrected chi connectivity index (χ1v) is 3.37. The van der Waals surface area contributed by atoms with Gasteiger partial charge in [0.05, 0.1) is 19.3 Å². The van der Waals surface area contributed by atoms with Crippen LogP contribution < -0.4 is 5.32 Å². The van der Waals surface area contributed by atoms with Gasteiger partial charge in [-0.05, 0) is 0 Å². The summed E-state index contributed by atoms with van der Waals surface area (Å²) < 4.78 is 9.67. The van der Waals surface area contributed by atoms with Crippen LogP contribution in [0.4, 0.5) is 0 Å². The zero-order valence-electron chi connectivity index (χ0n) is 5.50. The molecule has 2 aliphatic heterocycles. The van der Waals surface area contributed by atoms with Crippen molar-refractivity contribution in [2.24, 2.45) is 0 Å². The van der Waals surface area contributed by atoms with Crippen LogP contribution in [0.5, 0.6) is 0 Å². The standard InChI is InChI=1S/C6H9NO3/c8-6(5-3-10-5)7-1-4-2-9-4/h4-5H,1-3H2,(H,7,8). The second kappa shape index (κ2) is 2.21. The van der Waals surface area contributed by atoms with Gasteiger partial charge in [-0.3, -0.25) is 4.79 Å². The number of carbonyl (C=O) groups is 1. The maximum atomic E-state index is 10.8. The molecule has 0 aromatic rings. The average Bonchev–Trinajstić information content (AvgIpc) is 2.76. The van der Waals surface area contributed by atoms with Crippen LogP contribution in [-0.2, 0) is 14.3 Å². The molecule has 10 heavy (non-hydrogen) atoms. The summed E-state index contributed by atoms with van der Waals surface area (Å²) in [6, 6.07) is 0. The van der Waals surface area contributed by atoms with Crippen LogP contribution >= 0.6 is 0 Å². The monoisotopic (exact) mass is 143 g/mol. The number of ether oxygens (including phenoxy) is 2. The Hall–Kier alpha value is -0.610. The van der Waals surface area contributed by atoms with E-state index in [1.165, 1.54) is 0 Å². The number of hydrogen-bond donors (Lipinski definition) is 1. The van der Waals surface area contributed by atoms with E-state index in [1.54, 1.807) is 0 Å². The SMILES string of the molecule is O=C(NCC1CO1)C1CO1. The Morgan fingerprint density at radius 2 is 2.20 bits per heavy atom. The highest BCUT2D eigenvalue weighted by Gasteiger charge is 2.32. The number of hydrogen-bond acceptors (Lipinski definition) is 3. The highest BCUT2D eigenvalue weighted by atomic mass is 16.6. The summed E-state index contributed by atoms with van der Waals surface area (Å²) in [5.74, 6) is -0.00417. The molecule has 1 amide bonds. The van der Waals surface area contributed by atoms with E-state index in [0.717, 1.165) is 6.61 Å². The molecule has 0 saturated carbocycles. The molecule has 2 aliphatic rings. The number of amides is 1. The van der Waals surface area contributed by atoms with Gasteiger partial charge >= 0.3 is 0 Å². The Balaban J connectivity index is 1.63. The van der Waals surface area contributed by atoms with Crippen molar-refractivity contribution in [3.05, 3.63) is 0 Å². The third-order valence-electron chi connectivity index (χ3n) is 1.53. The van der Waals surface area contributed by atoms with E-state index >= 15 is 0 Å². The lowest BCUT2D eigenvalue weighted by Crippen LogP contribution is -2.31. The maximum absolute atomic E-state index is 10.8. The molecule has 0 aromatic carbocycles. The van der Waals surface area contributed by atoms with Crippen LogP contribution in [-0.4, -0.2) is 37.9 Å². The molecule has 4 heteroatoms. The summed E-state index contributed by atoms with van der Waals surface area (Å²) in [4.78, 5) is 10.8. The first kappa shape index (κ1) is 6.12. The molecule has 0 aliphatic carbocycles. The van der Waals surface area contributed by atoms with E-state index in [4.69, 9.17) is 9.47 Å². The molecule has 2 unspecified atom stereocenters. The van der Waals surface area contributed by atoms with Crippen molar-refractivity contribution in [3.8, 4) is 0 Å². The number of carbonyl (C=O) groups excluding carboxylic acids is 1. The summed E-state index contributed by atoms with van der Waals surface area (Å²) in [6.07, 6.45) is 0.0986. The van der Waals surface area contributed by atoms with Crippen LogP contribution in [0.1, 0.15) is 0 Å². The molecule has 0 aromatic heterocycles. The molecule has 4 nitrogen and oxygen atoms in total. The molecule has 1 N–H and O–H groups in total. The average molecular weight is 143 g/mol. The lowest BCUT2D eigenvalue weighted by molar-refractivity contribution is -0.122. The van der Waals surface area contributed by atoms with E-state index in [1.807, 2.05) is 0 Å². The van der Waals surface area contributed by atoms with Crippen LogP contribution in [0.25, 0.3) is 0 Å². The molecule has 0 bridgehead atoms. The third-order valence-corrected chi connectivity index (χ3v) is 1.53. The topological polar surface area (TPSA) is 54.2 Å². The first-order valence-electron chi connectivity index (χ1n) is 3.37. The van der Waals surface area contributed by atoms with Gasteiger partial charge in [0.1, 0.15) is 0 Å². The minimum atomic E-state index is -0.168. The van der Waals surface area contributed by atoms with E-state index in [-0.39, 0.29) is 18.1 Å². The summed E-state index contributed by atoms with van der Waals surface area (Å²) in [5.41, 5.74) is 0. The van der Waals surface area contributed by atoms with Crippen LogP contribution in [0.2, 0.25) is 0 Å². The van der Waals surface area contributed by atoms with Crippen LogP contribution in [0, 0.1) is 0 Å². The van der Waals surface area contributed by atoms with E-state index in [0.29, 0.717) is 13.2 Å². The Morgan fingerprint density at radius 1 is 1.50 bits per heavy atom. The molecule has 0 spiro atoms. The van der Waals surface area contributed by atoms with Crippen molar-refractivity contribution in [1.29, 1.82) is 0 Å². The summed E-state index contributed by atoms with van der Waals surface area (Å²) >= 11 is 0. The molecule has 2 fully saturated rings. The Labute approximate surface area is 58.5 Å². The Morgan fingerprint density at radius 3 is 2.70 bits per heavy atom. The predicted octanol–water partition coefficient (Wildman–Crippen LogP) is -1.10. The quantitative estimate of drug-likeness (QED) is 0.510. The number of rotatable bonds is 3. The van der Waals surface area contributed by atoms with Gasteiger partial charge in [0.25, 0.3) is 5.91 Å². The van der Waals surface area contributed by atoms with Gasteiger partial charge in [0.2, 0.25) is 0 Å². The molecular formula is C6H9NO3. The number of nitrogens with one attached hydrogen (secondary N) is 1. The van der Waals surface area contributed by atoms with Crippen molar-refractivity contribution >= 4 is 5.91 Å². The summed E-state index contributed by atoms with van der Waals surface area (Å²) in [7, 11) is 0. The fourth-order valence-electron chi connectivity index (χ4n) is 0.714. The molecule has 56 valence electrons. The molecule has 2 heterocycles. The van der Waals surface area contributed by atoms with Crippen molar-refractivity contribution in [1.82, 2.24) is 5.32 Å². The second-order valence-corrected chi connectivity index (χ2v) is 2.52. The third kappa shape index (κ3) is 1.46. The summed E-state index contributed by atoms with van der Waals surface area (Å²) in [6.45, 7) is 2.00. The largest absolute Gasteiger partial charge is 0.371 e. The van der Waals surface area contributed by atoms with Crippen molar-refractivity contribution in [3.63, 3.8) is 0 Å². The fraction of sp³-hybridized carbons (Fsp3) is 0.833. The minimum absolute atomic E-state index is 0.00417. The van der Waals surface area contributed by atoms with Gasteiger partial charge < -0.3 is 14.8 Å². The molecule has 2 saturated heterocycles. The highest BCUT2D eigenvalue weighted by Crippen LogP contribution is 2.10. The van der Waals surface area contributed by atoms with Gasteiger partial charge in [-0.1, -0.05) is 0 Å². The zero-order chi connectivity index (χ0) is 6.97. The van der Waals surface area contributed by atoms with Gasteiger partial charge in [-0.25, -0.2) is 0 Å². The molecular weight excluding hydrogens is 134 g/mol. The van der Waals surface area contributed by atoms with Gasteiger partial charge in [-0.15, -0.1) is 0 Å².